The van der Waals surface area contributed by atoms with Gasteiger partial charge in [-0.1, -0.05) is 20.3 Å². The molecule has 0 amide bonds. The van der Waals surface area contributed by atoms with E-state index in [-0.39, 0.29) is 0 Å². The van der Waals surface area contributed by atoms with Crippen LogP contribution in [0.1, 0.15) is 43.7 Å². The third-order valence-corrected chi connectivity index (χ3v) is 4.22. The second-order valence-corrected chi connectivity index (χ2v) is 5.42. The first-order valence-electron chi connectivity index (χ1n) is 6.06. The SMILES string of the molecule is CCCNc1nc2c(s1)CC(CC)CC2. The van der Waals surface area contributed by atoms with Gasteiger partial charge in [0.15, 0.2) is 5.13 Å². The first kappa shape index (κ1) is 10.9. The van der Waals surface area contributed by atoms with E-state index < -0.39 is 0 Å². The number of hydrogen-bond donors (Lipinski definition) is 1. The maximum Gasteiger partial charge on any atom is 0.183 e. The van der Waals surface area contributed by atoms with Gasteiger partial charge in [-0.05, 0) is 31.6 Å². The maximum absolute atomic E-state index is 4.66. The molecule has 1 atom stereocenters. The van der Waals surface area contributed by atoms with Crippen LogP contribution in [-0.4, -0.2) is 11.5 Å². The van der Waals surface area contributed by atoms with Crippen LogP contribution in [0.15, 0.2) is 0 Å². The van der Waals surface area contributed by atoms with Gasteiger partial charge in [-0.25, -0.2) is 4.98 Å². The van der Waals surface area contributed by atoms with Crippen molar-refractivity contribution in [3.63, 3.8) is 0 Å². The standard InChI is InChI=1S/C12H20N2S/c1-3-7-13-12-14-10-6-5-9(4-2)8-11(10)15-12/h9H,3-8H2,1-2H3,(H,13,14). The lowest BCUT2D eigenvalue weighted by atomic mass is 9.89. The molecule has 0 bridgehead atoms. The summed E-state index contributed by atoms with van der Waals surface area (Å²) in [7, 11) is 0. The van der Waals surface area contributed by atoms with Gasteiger partial charge in [0.05, 0.1) is 5.69 Å². The number of hydrogen-bond acceptors (Lipinski definition) is 3. The number of anilines is 1. The summed E-state index contributed by atoms with van der Waals surface area (Å²) >= 11 is 1.87. The van der Waals surface area contributed by atoms with Crippen LogP contribution in [0.5, 0.6) is 0 Å². The number of rotatable bonds is 4. The molecular formula is C12H20N2S. The van der Waals surface area contributed by atoms with Gasteiger partial charge in [-0.15, -0.1) is 11.3 Å². The number of nitrogens with zero attached hydrogens (tertiary/aromatic N) is 1. The smallest absolute Gasteiger partial charge is 0.183 e. The number of nitrogens with one attached hydrogen (secondary N) is 1. The van der Waals surface area contributed by atoms with Crippen molar-refractivity contribution in [1.29, 1.82) is 0 Å². The molecule has 0 saturated heterocycles. The van der Waals surface area contributed by atoms with Crippen molar-refractivity contribution in [2.24, 2.45) is 5.92 Å². The van der Waals surface area contributed by atoms with E-state index in [0.717, 1.165) is 17.6 Å². The van der Waals surface area contributed by atoms with Crippen molar-refractivity contribution in [1.82, 2.24) is 4.98 Å². The lowest BCUT2D eigenvalue weighted by Gasteiger charge is -2.18. The van der Waals surface area contributed by atoms with Crippen molar-refractivity contribution < 1.29 is 0 Å². The molecule has 1 aromatic heterocycles. The van der Waals surface area contributed by atoms with E-state index in [1.165, 1.54) is 42.7 Å². The summed E-state index contributed by atoms with van der Waals surface area (Å²) in [6.45, 7) is 5.53. The van der Waals surface area contributed by atoms with Crippen LogP contribution in [0.4, 0.5) is 5.13 Å². The Morgan fingerprint density at radius 3 is 3.07 bits per heavy atom. The summed E-state index contributed by atoms with van der Waals surface area (Å²) in [5.74, 6) is 0.900. The fraction of sp³-hybridized carbons (Fsp3) is 0.750. The molecule has 3 heteroatoms. The minimum atomic E-state index is 0.900. The average molecular weight is 224 g/mol. The molecule has 1 aliphatic carbocycles. The zero-order valence-corrected chi connectivity index (χ0v) is 10.5. The van der Waals surface area contributed by atoms with E-state index in [0.29, 0.717) is 0 Å². The predicted octanol–water partition coefficient (Wildman–Crippen LogP) is 3.48. The lowest BCUT2D eigenvalue weighted by Crippen LogP contribution is -2.11. The largest absolute Gasteiger partial charge is 0.362 e. The highest BCUT2D eigenvalue weighted by atomic mass is 32.1. The minimum absolute atomic E-state index is 0.900. The van der Waals surface area contributed by atoms with Crippen molar-refractivity contribution >= 4 is 16.5 Å². The van der Waals surface area contributed by atoms with Gasteiger partial charge >= 0.3 is 0 Å². The van der Waals surface area contributed by atoms with Gasteiger partial charge in [-0.3, -0.25) is 0 Å². The van der Waals surface area contributed by atoms with Gasteiger partial charge < -0.3 is 5.32 Å². The molecular weight excluding hydrogens is 204 g/mol. The second-order valence-electron chi connectivity index (χ2n) is 4.33. The van der Waals surface area contributed by atoms with Gasteiger partial charge in [0, 0.05) is 11.4 Å². The predicted molar refractivity (Wildman–Crippen MR) is 66.7 cm³/mol. The topological polar surface area (TPSA) is 24.9 Å². The molecule has 1 N–H and O–H groups in total. The normalized spacial score (nSPS) is 20.0. The van der Waals surface area contributed by atoms with E-state index in [2.05, 4.69) is 24.1 Å². The van der Waals surface area contributed by atoms with Gasteiger partial charge in [0.2, 0.25) is 0 Å². The Morgan fingerprint density at radius 1 is 1.47 bits per heavy atom. The molecule has 1 aromatic rings. The van der Waals surface area contributed by atoms with E-state index in [1.54, 1.807) is 0 Å². The first-order valence-corrected chi connectivity index (χ1v) is 6.87. The molecule has 84 valence electrons. The molecule has 1 unspecified atom stereocenters. The van der Waals surface area contributed by atoms with Crippen LogP contribution >= 0.6 is 11.3 Å². The lowest BCUT2D eigenvalue weighted by molar-refractivity contribution is 0.446. The molecule has 0 spiro atoms. The third-order valence-electron chi connectivity index (χ3n) is 3.15. The molecule has 1 aliphatic rings. The molecule has 2 rings (SSSR count). The Kier molecular flexibility index (Phi) is 3.62. The maximum atomic E-state index is 4.66. The summed E-state index contributed by atoms with van der Waals surface area (Å²) in [6.07, 6.45) is 6.27. The van der Waals surface area contributed by atoms with Crippen LogP contribution in [0.2, 0.25) is 0 Å². The summed E-state index contributed by atoms with van der Waals surface area (Å²) in [6, 6.07) is 0. The molecule has 0 aliphatic heterocycles. The Balaban J connectivity index is 2.04. The van der Waals surface area contributed by atoms with Crippen LogP contribution in [-0.2, 0) is 12.8 Å². The van der Waals surface area contributed by atoms with Crippen LogP contribution < -0.4 is 5.32 Å². The van der Waals surface area contributed by atoms with Crippen molar-refractivity contribution in [2.45, 2.75) is 46.0 Å². The highest BCUT2D eigenvalue weighted by Crippen LogP contribution is 2.33. The molecule has 15 heavy (non-hydrogen) atoms. The Bertz CT molecular complexity index is 319. The van der Waals surface area contributed by atoms with Crippen molar-refractivity contribution in [3.8, 4) is 0 Å². The average Bonchev–Trinajstić information content (AvgIpc) is 2.67. The zero-order chi connectivity index (χ0) is 10.7. The van der Waals surface area contributed by atoms with Gasteiger partial charge in [-0.2, -0.15) is 0 Å². The molecule has 0 aromatic carbocycles. The minimum Gasteiger partial charge on any atom is -0.362 e. The zero-order valence-electron chi connectivity index (χ0n) is 9.68. The van der Waals surface area contributed by atoms with Gasteiger partial charge in [0.25, 0.3) is 0 Å². The van der Waals surface area contributed by atoms with Crippen molar-refractivity contribution in [2.75, 3.05) is 11.9 Å². The van der Waals surface area contributed by atoms with Crippen LogP contribution in [0.3, 0.4) is 0 Å². The molecule has 2 nitrogen and oxygen atoms in total. The Hall–Kier alpha value is -0.570. The second kappa shape index (κ2) is 4.97. The molecule has 0 saturated carbocycles. The Morgan fingerprint density at radius 2 is 2.33 bits per heavy atom. The molecule has 1 heterocycles. The van der Waals surface area contributed by atoms with Crippen molar-refractivity contribution in [3.05, 3.63) is 10.6 Å². The van der Waals surface area contributed by atoms with Crippen LogP contribution in [0.25, 0.3) is 0 Å². The fourth-order valence-electron chi connectivity index (χ4n) is 2.10. The number of aryl methyl sites for hydroxylation is 1. The van der Waals surface area contributed by atoms with Crippen LogP contribution in [0, 0.1) is 5.92 Å². The monoisotopic (exact) mass is 224 g/mol. The molecule has 0 fully saturated rings. The third kappa shape index (κ3) is 2.51. The van der Waals surface area contributed by atoms with E-state index in [1.807, 2.05) is 11.3 Å². The summed E-state index contributed by atoms with van der Waals surface area (Å²) < 4.78 is 0. The fourth-order valence-corrected chi connectivity index (χ4v) is 3.25. The quantitative estimate of drug-likeness (QED) is 0.847. The first-order chi connectivity index (χ1) is 7.33. The summed E-state index contributed by atoms with van der Waals surface area (Å²) in [5.41, 5.74) is 1.36. The van der Waals surface area contributed by atoms with Gasteiger partial charge in [0.1, 0.15) is 0 Å². The van der Waals surface area contributed by atoms with E-state index in [4.69, 9.17) is 0 Å². The molecule has 0 radical (unpaired) electrons. The number of aromatic nitrogens is 1. The highest BCUT2D eigenvalue weighted by Gasteiger charge is 2.21. The highest BCUT2D eigenvalue weighted by molar-refractivity contribution is 7.15. The summed E-state index contributed by atoms with van der Waals surface area (Å²) in [4.78, 5) is 6.20. The number of thiazole rings is 1. The van der Waals surface area contributed by atoms with E-state index in [9.17, 15) is 0 Å². The summed E-state index contributed by atoms with van der Waals surface area (Å²) in [5, 5.41) is 4.53. The Labute approximate surface area is 96.1 Å². The van der Waals surface area contributed by atoms with E-state index >= 15 is 0 Å². The number of fused-ring (bicyclic) bond motifs is 1.